The van der Waals surface area contributed by atoms with E-state index in [0.717, 1.165) is 24.6 Å². The van der Waals surface area contributed by atoms with Crippen molar-refractivity contribution in [1.29, 1.82) is 0 Å². The maximum Gasteiger partial charge on any atom is 0.309 e. The van der Waals surface area contributed by atoms with Crippen molar-refractivity contribution in [3.05, 3.63) is 35.4 Å². The van der Waals surface area contributed by atoms with Gasteiger partial charge in [0, 0.05) is 6.54 Å². The van der Waals surface area contributed by atoms with Gasteiger partial charge in [0.05, 0.1) is 13.5 Å². The Kier molecular flexibility index (Phi) is 4.25. The second-order valence-electron chi connectivity index (χ2n) is 6.04. The number of methoxy groups -OCH3 is 1. The van der Waals surface area contributed by atoms with Crippen LogP contribution < -0.4 is 5.32 Å². The topological polar surface area (TPSA) is 38.3 Å². The summed E-state index contributed by atoms with van der Waals surface area (Å²) in [7, 11) is 1.43. The first-order chi connectivity index (χ1) is 9.03. The standard InChI is InChI=1S/C16H23NO2/c1-16(2)9-14(16)11-17-10-13-7-5-4-6-12(13)8-15(18)19-3/h4-7,14,17H,8-11H2,1-3H3. The zero-order chi connectivity index (χ0) is 13.9. The molecule has 0 heterocycles. The number of hydrogen-bond acceptors (Lipinski definition) is 3. The maximum atomic E-state index is 11.4. The Balaban J connectivity index is 1.87. The van der Waals surface area contributed by atoms with E-state index in [4.69, 9.17) is 4.74 Å². The second-order valence-corrected chi connectivity index (χ2v) is 6.04. The Bertz CT molecular complexity index is 454. The fourth-order valence-corrected chi connectivity index (χ4v) is 2.44. The smallest absolute Gasteiger partial charge is 0.309 e. The molecule has 1 unspecified atom stereocenters. The van der Waals surface area contributed by atoms with Crippen molar-refractivity contribution in [1.82, 2.24) is 5.32 Å². The summed E-state index contributed by atoms with van der Waals surface area (Å²) in [6.45, 7) is 6.49. The first-order valence-electron chi connectivity index (χ1n) is 6.87. The molecule has 0 amide bonds. The van der Waals surface area contributed by atoms with E-state index in [9.17, 15) is 4.79 Å². The largest absolute Gasteiger partial charge is 0.469 e. The SMILES string of the molecule is COC(=O)Cc1ccccc1CNCC1CC1(C)C. The lowest BCUT2D eigenvalue weighted by Gasteiger charge is -2.10. The molecule has 0 radical (unpaired) electrons. The van der Waals surface area contributed by atoms with E-state index in [2.05, 4.69) is 25.2 Å². The fourth-order valence-electron chi connectivity index (χ4n) is 2.44. The van der Waals surface area contributed by atoms with Gasteiger partial charge in [-0.15, -0.1) is 0 Å². The minimum Gasteiger partial charge on any atom is -0.469 e. The molecule has 1 saturated carbocycles. The van der Waals surface area contributed by atoms with Crippen LogP contribution in [0.2, 0.25) is 0 Å². The monoisotopic (exact) mass is 261 g/mol. The van der Waals surface area contributed by atoms with Crippen molar-refractivity contribution in [2.45, 2.75) is 33.2 Å². The Morgan fingerprint density at radius 2 is 2.00 bits per heavy atom. The third-order valence-electron chi connectivity index (χ3n) is 4.10. The molecule has 1 aliphatic rings. The number of hydrogen-bond donors (Lipinski definition) is 1. The summed E-state index contributed by atoms with van der Waals surface area (Å²) in [4.78, 5) is 11.4. The van der Waals surface area contributed by atoms with E-state index in [1.165, 1.54) is 19.1 Å². The number of esters is 1. The van der Waals surface area contributed by atoms with Gasteiger partial charge in [-0.3, -0.25) is 4.79 Å². The third-order valence-corrected chi connectivity index (χ3v) is 4.10. The Morgan fingerprint density at radius 3 is 2.58 bits per heavy atom. The van der Waals surface area contributed by atoms with Crippen LogP contribution in [0.4, 0.5) is 0 Å². The summed E-state index contributed by atoms with van der Waals surface area (Å²) in [5, 5.41) is 3.50. The molecule has 1 aromatic rings. The lowest BCUT2D eigenvalue weighted by Crippen LogP contribution is -2.19. The molecule has 104 valence electrons. The van der Waals surface area contributed by atoms with Gasteiger partial charge in [0.25, 0.3) is 0 Å². The molecule has 0 bridgehead atoms. The molecule has 1 atom stereocenters. The van der Waals surface area contributed by atoms with E-state index in [1.807, 2.05) is 18.2 Å². The molecule has 1 N–H and O–H groups in total. The highest BCUT2D eigenvalue weighted by Crippen LogP contribution is 2.50. The van der Waals surface area contributed by atoms with Crippen molar-refractivity contribution in [2.75, 3.05) is 13.7 Å². The molecular weight excluding hydrogens is 238 g/mol. The van der Waals surface area contributed by atoms with Crippen molar-refractivity contribution < 1.29 is 9.53 Å². The molecule has 1 aromatic carbocycles. The van der Waals surface area contributed by atoms with E-state index in [0.29, 0.717) is 11.8 Å². The molecule has 2 rings (SSSR count). The average Bonchev–Trinajstić information content (AvgIpc) is 2.99. The van der Waals surface area contributed by atoms with Crippen LogP contribution in [-0.4, -0.2) is 19.6 Å². The summed E-state index contributed by atoms with van der Waals surface area (Å²) in [6, 6.07) is 8.04. The van der Waals surface area contributed by atoms with Gasteiger partial charge in [0.15, 0.2) is 0 Å². The lowest BCUT2D eigenvalue weighted by molar-refractivity contribution is -0.139. The molecule has 3 heteroatoms. The summed E-state index contributed by atoms with van der Waals surface area (Å²) in [6.07, 6.45) is 1.66. The average molecular weight is 261 g/mol. The summed E-state index contributed by atoms with van der Waals surface area (Å²) < 4.78 is 4.73. The minimum atomic E-state index is -0.184. The van der Waals surface area contributed by atoms with Gasteiger partial charge in [-0.25, -0.2) is 0 Å². The highest BCUT2D eigenvalue weighted by atomic mass is 16.5. The van der Waals surface area contributed by atoms with Crippen molar-refractivity contribution >= 4 is 5.97 Å². The molecule has 1 fully saturated rings. The van der Waals surface area contributed by atoms with Crippen LogP contribution >= 0.6 is 0 Å². The van der Waals surface area contributed by atoms with Crippen molar-refractivity contribution in [2.24, 2.45) is 11.3 Å². The van der Waals surface area contributed by atoms with Crippen molar-refractivity contribution in [3.8, 4) is 0 Å². The van der Waals surface area contributed by atoms with Gasteiger partial charge < -0.3 is 10.1 Å². The van der Waals surface area contributed by atoms with E-state index >= 15 is 0 Å². The quantitative estimate of drug-likeness (QED) is 0.800. The third kappa shape index (κ3) is 3.80. The van der Waals surface area contributed by atoms with Crippen LogP contribution in [0.5, 0.6) is 0 Å². The van der Waals surface area contributed by atoms with Gasteiger partial charge >= 0.3 is 5.97 Å². The summed E-state index contributed by atoms with van der Waals surface area (Å²) >= 11 is 0. The summed E-state index contributed by atoms with van der Waals surface area (Å²) in [5.41, 5.74) is 2.75. The first kappa shape index (κ1) is 14.1. The molecule has 0 aliphatic heterocycles. The number of rotatable bonds is 6. The maximum absolute atomic E-state index is 11.4. The number of carbonyl (C=O) groups is 1. The highest BCUT2D eigenvalue weighted by molar-refractivity contribution is 5.72. The normalized spacial score (nSPS) is 20.1. The molecule has 19 heavy (non-hydrogen) atoms. The van der Waals surface area contributed by atoms with Gasteiger partial charge in [-0.1, -0.05) is 38.1 Å². The van der Waals surface area contributed by atoms with E-state index in [1.54, 1.807) is 0 Å². The summed E-state index contributed by atoms with van der Waals surface area (Å²) in [5.74, 6) is 0.607. The Hall–Kier alpha value is -1.35. The number of benzene rings is 1. The predicted molar refractivity (Wildman–Crippen MR) is 75.8 cm³/mol. The van der Waals surface area contributed by atoms with Crippen molar-refractivity contribution in [3.63, 3.8) is 0 Å². The van der Waals surface area contributed by atoms with Crippen LogP contribution in [0.25, 0.3) is 0 Å². The highest BCUT2D eigenvalue weighted by Gasteiger charge is 2.44. The van der Waals surface area contributed by atoms with E-state index < -0.39 is 0 Å². The molecule has 0 saturated heterocycles. The molecule has 0 spiro atoms. The van der Waals surface area contributed by atoms with Crippen LogP contribution in [-0.2, 0) is 22.5 Å². The van der Waals surface area contributed by atoms with Gasteiger partial charge in [-0.05, 0) is 35.4 Å². The lowest BCUT2D eigenvalue weighted by atomic mass is 10.0. The van der Waals surface area contributed by atoms with Crippen LogP contribution in [0, 0.1) is 11.3 Å². The zero-order valence-corrected chi connectivity index (χ0v) is 12.0. The predicted octanol–water partition coefficient (Wildman–Crippen LogP) is 2.54. The van der Waals surface area contributed by atoms with Crippen LogP contribution in [0.15, 0.2) is 24.3 Å². The van der Waals surface area contributed by atoms with Gasteiger partial charge in [-0.2, -0.15) is 0 Å². The molecule has 3 nitrogen and oxygen atoms in total. The van der Waals surface area contributed by atoms with Gasteiger partial charge in [0.2, 0.25) is 0 Å². The number of ether oxygens (including phenoxy) is 1. The second kappa shape index (κ2) is 5.74. The Labute approximate surface area is 115 Å². The van der Waals surface area contributed by atoms with E-state index in [-0.39, 0.29) is 5.97 Å². The first-order valence-corrected chi connectivity index (χ1v) is 6.87. The molecule has 0 aromatic heterocycles. The minimum absolute atomic E-state index is 0.184. The van der Waals surface area contributed by atoms with Gasteiger partial charge in [0.1, 0.15) is 0 Å². The number of nitrogens with one attached hydrogen (secondary N) is 1. The fraction of sp³-hybridized carbons (Fsp3) is 0.562. The number of carbonyl (C=O) groups excluding carboxylic acids is 1. The molecule has 1 aliphatic carbocycles. The molecular formula is C16H23NO2. The van der Waals surface area contributed by atoms with Crippen LogP contribution in [0.1, 0.15) is 31.4 Å². The van der Waals surface area contributed by atoms with Crippen LogP contribution in [0.3, 0.4) is 0 Å². The Morgan fingerprint density at radius 1 is 1.37 bits per heavy atom. The zero-order valence-electron chi connectivity index (χ0n) is 12.0.